The van der Waals surface area contributed by atoms with Crippen LogP contribution in [0.2, 0.25) is 5.02 Å². The van der Waals surface area contributed by atoms with Gasteiger partial charge in [-0.25, -0.2) is 0 Å². The molecule has 0 amide bonds. The summed E-state index contributed by atoms with van der Waals surface area (Å²) < 4.78 is 18.8. The van der Waals surface area contributed by atoms with Gasteiger partial charge in [0.05, 0.1) is 23.1 Å². The maximum absolute atomic E-state index is 6.55. The number of pyridine rings is 1. The molecule has 0 spiro atoms. The molecule has 0 bridgehead atoms. The van der Waals surface area contributed by atoms with E-state index >= 15 is 0 Å². The zero-order valence-electron chi connectivity index (χ0n) is 21.6. The largest absolute Gasteiger partial charge is 0.493 e. The molecule has 10 nitrogen and oxygen atoms in total. The van der Waals surface area contributed by atoms with Gasteiger partial charge in [0, 0.05) is 43.2 Å². The number of nitrogens with two attached hydrogens (primary N) is 1. The summed E-state index contributed by atoms with van der Waals surface area (Å²) in [5, 5.41) is 14.3. The minimum Gasteiger partial charge on any atom is -0.493 e. The van der Waals surface area contributed by atoms with Crippen LogP contribution in [-0.2, 0) is 10.5 Å². The van der Waals surface area contributed by atoms with Gasteiger partial charge < -0.3 is 19.7 Å². The van der Waals surface area contributed by atoms with E-state index in [-0.39, 0.29) is 0 Å². The Morgan fingerprint density at radius 1 is 0.925 bits per heavy atom. The van der Waals surface area contributed by atoms with Crippen LogP contribution in [0.3, 0.4) is 0 Å². The van der Waals surface area contributed by atoms with Crippen LogP contribution in [-0.4, -0.2) is 56.3 Å². The van der Waals surface area contributed by atoms with Crippen molar-refractivity contribution in [2.24, 2.45) is 5.73 Å². The molecular formula is C28H28ClN7O3S. The number of para-hydroxylation sites is 1. The lowest BCUT2D eigenvalue weighted by atomic mass is 10.2. The van der Waals surface area contributed by atoms with E-state index in [9.17, 15) is 0 Å². The van der Waals surface area contributed by atoms with E-state index in [2.05, 4.69) is 25.3 Å². The van der Waals surface area contributed by atoms with Gasteiger partial charge in [-0.3, -0.25) is 9.55 Å². The van der Waals surface area contributed by atoms with Crippen LogP contribution in [0.15, 0.2) is 82.7 Å². The van der Waals surface area contributed by atoms with Crippen molar-refractivity contribution in [3.8, 4) is 34.2 Å². The van der Waals surface area contributed by atoms with Crippen LogP contribution in [0.5, 0.6) is 5.75 Å². The standard InChI is InChI=1S/C28H28ClN7O3S/c29-23-8-1-2-9-24(23)36-27(20-10-13-31-14-11-20)33-34-28(36)40-19-25-32-26(35-39-25)21-6-3-7-22(18-21)38-17-5-16-37-15-4-12-30/h1-3,6-11,13-14,18H,4-5,12,15-17,19,30H2. The number of thioether (sulfide) groups is 1. The normalized spacial score (nSPS) is 11.2. The topological polar surface area (TPSA) is 127 Å². The van der Waals surface area contributed by atoms with Gasteiger partial charge in [-0.05, 0) is 49.4 Å². The second-order valence-corrected chi connectivity index (χ2v) is 9.96. The molecule has 0 aliphatic heterocycles. The number of hydrogen-bond donors (Lipinski definition) is 1. The third-order valence-electron chi connectivity index (χ3n) is 5.74. The lowest BCUT2D eigenvalue weighted by molar-refractivity contribution is 0.118. The highest BCUT2D eigenvalue weighted by molar-refractivity contribution is 7.98. The van der Waals surface area contributed by atoms with E-state index in [1.165, 1.54) is 11.8 Å². The molecule has 0 aliphatic rings. The molecule has 0 atom stereocenters. The molecule has 0 saturated heterocycles. The molecule has 3 heterocycles. The molecule has 5 aromatic rings. The van der Waals surface area contributed by atoms with Gasteiger partial charge in [-0.2, -0.15) is 4.98 Å². The molecule has 40 heavy (non-hydrogen) atoms. The minimum absolute atomic E-state index is 0.395. The highest BCUT2D eigenvalue weighted by Gasteiger charge is 2.19. The highest BCUT2D eigenvalue weighted by atomic mass is 35.5. The van der Waals surface area contributed by atoms with Gasteiger partial charge in [0.25, 0.3) is 0 Å². The molecule has 2 N–H and O–H groups in total. The predicted molar refractivity (Wildman–Crippen MR) is 153 cm³/mol. The zero-order valence-corrected chi connectivity index (χ0v) is 23.2. The first-order valence-electron chi connectivity index (χ1n) is 12.8. The minimum atomic E-state index is 0.395. The number of aromatic nitrogens is 6. The molecule has 0 aliphatic carbocycles. The Balaban J connectivity index is 1.26. The smallest absolute Gasteiger partial charge is 0.237 e. The molecule has 2 aromatic carbocycles. The summed E-state index contributed by atoms with van der Waals surface area (Å²) in [4.78, 5) is 8.69. The number of rotatable bonds is 14. The summed E-state index contributed by atoms with van der Waals surface area (Å²) in [5.74, 6) is 2.72. The van der Waals surface area contributed by atoms with Crippen molar-refractivity contribution in [1.82, 2.24) is 29.9 Å². The number of benzene rings is 2. The summed E-state index contributed by atoms with van der Waals surface area (Å²) in [5.41, 5.74) is 7.92. The number of halogens is 1. The predicted octanol–water partition coefficient (Wildman–Crippen LogP) is 5.46. The molecule has 0 saturated carbocycles. The quantitative estimate of drug-likeness (QED) is 0.134. The first-order valence-corrected chi connectivity index (χ1v) is 14.2. The Labute approximate surface area is 240 Å². The van der Waals surface area contributed by atoms with E-state index in [1.54, 1.807) is 12.4 Å². The summed E-state index contributed by atoms with van der Waals surface area (Å²) >= 11 is 7.98. The lowest BCUT2D eigenvalue weighted by Crippen LogP contribution is -2.07. The van der Waals surface area contributed by atoms with Gasteiger partial charge in [-0.1, -0.05) is 52.8 Å². The van der Waals surface area contributed by atoms with Crippen molar-refractivity contribution in [3.05, 3.63) is 84.0 Å². The van der Waals surface area contributed by atoms with Crippen LogP contribution >= 0.6 is 23.4 Å². The van der Waals surface area contributed by atoms with E-state index in [4.69, 9.17) is 31.3 Å². The van der Waals surface area contributed by atoms with Crippen LogP contribution < -0.4 is 10.5 Å². The van der Waals surface area contributed by atoms with Crippen molar-refractivity contribution < 1.29 is 14.0 Å². The fourth-order valence-corrected chi connectivity index (χ4v) is 4.82. The highest BCUT2D eigenvalue weighted by Crippen LogP contribution is 2.32. The maximum atomic E-state index is 6.55. The Morgan fingerprint density at radius 2 is 1.77 bits per heavy atom. The third-order valence-corrected chi connectivity index (χ3v) is 6.98. The Bertz CT molecular complexity index is 1510. The Kier molecular flexibility index (Phi) is 9.75. The number of hydrogen-bond acceptors (Lipinski definition) is 10. The average molecular weight is 578 g/mol. The summed E-state index contributed by atoms with van der Waals surface area (Å²) in [6.45, 7) is 2.50. The van der Waals surface area contributed by atoms with Crippen molar-refractivity contribution in [1.29, 1.82) is 0 Å². The molecule has 5 rings (SSSR count). The van der Waals surface area contributed by atoms with Crippen LogP contribution in [0.1, 0.15) is 18.7 Å². The van der Waals surface area contributed by atoms with Crippen molar-refractivity contribution in [2.45, 2.75) is 23.8 Å². The summed E-state index contributed by atoms with van der Waals surface area (Å²) in [6, 6.07) is 18.9. The van der Waals surface area contributed by atoms with E-state index < -0.39 is 0 Å². The zero-order chi connectivity index (χ0) is 27.6. The third kappa shape index (κ3) is 7.05. The van der Waals surface area contributed by atoms with Crippen LogP contribution in [0, 0.1) is 0 Å². The average Bonchev–Trinajstić information content (AvgIpc) is 3.64. The van der Waals surface area contributed by atoms with Crippen molar-refractivity contribution in [2.75, 3.05) is 26.4 Å². The van der Waals surface area contributed by atoms with Crippen molar-refractivity contribution >= 4 is 23.4 Å². The summed E-state index contributed by atoms with van der Waals surface area (Å²) in [7, 11) is 0. The van der Waals surface area contributed by atoms with Gasteiger partial charge in [0.15, 0.2) is 11.0 Å². The number of ether oxygens (including phenoxy) is 2. The first-order chi connectivity index (χ1) is 19.7. The Hall–Kier alpha value is -3.77. The van der Waals surface area contributed by atoms with E-state index in [0.717, 1.165) is 35.4 Å². The molecule has 206 valence electrons. The lowest BCUT2D eigenvalue weighted by Gasteiger charge is -2.11. The first kappa shape index (κ1) is 27.8. The second kappa shape index (κ2) is 14.0. The monoisotopic (exact) mass is 577 g/mol. The maximum Gasteiger partial charge on any atom is 0.237 e. The molecule has 0 fully saturated rings. The number of nitrogens with zero attached hydrogens (tertiary/aromatic N) is 6. The SMILES string of the molecule is NCCCOCCCOc1cccc(-c2noc(CSc3nnc(-c4ccncc4)n3-c3ccccc3Cl)n2)c1. The van der Waals surface area contributed by atoms with Crippen LogP contribution in [0.4, 0.5) is 0 Å². The molecule has 0 radical (unpaired) electrons. The van der Waals surface area contributed by atoms with E-state index in [0.29, 0.717) is 59.8 Å². The van der Waals surface area contributed by atoms with Crippen LogP contribution in [0.25, 0.3) is 28.5 Å². The Morgan fingerprint density at radius 3 is 2.62 bits per heavy atom. The molecular weight excluding hydrogens is 550 g/mol. The van der Waals surface area contributed by atoms with Gasteiger partial charge in [0.1, 0.15) is 5.75 Å². The molecule has 3 aromatic heterocycles. The summed E-state index contributed by atoms with van der Waals surface area (Å²) in [6.07, 6.45) is 5.09. The molecule has 0 unspecified atom stereocenters. The van der Waals surface area contributed by atoms with Gasteiger partial charge >= 0.3 is 0 Å². The fourth-order valence-electron chi connectivity index (χ4n) is 3.82. The molecule has 12 heteroatoms. The fraction of sp³-hybridized carbons (Fsp3) is 0.250. The van der Waals surface area contributed by atoms with Crippen molar-refractivity contribution in [3.63, 3.8) is 0 Å². The van der Waals surface area contributed by atoms with Gasteiger partial charge in [-0.15, -0.1) is 10.2 Å². The van der Waals surface area contributed by atoms with Gasteiger partial charge in [0.2, 0.25) is 11.7 Å². The van der Waals surface area contributed by atoms with E-state index in [1.807, 2.05) is 65.2 Å². The second-order valence-electron chi connectivity index (χ2n) is 8.61.